The number of likely N-dealkylation sites (tertiary alicyclic amines) is 1. The Labute approximate surface area is 156 Å². The van der Waals surface area contributed by atoms with Gasteiger partial charge in [0.1, 0.15) is 5.75 Å². The molecule has 132 valence electrons. The monoisotopic (exact) mass is 363 g/mol. The van der Waals surface area contributed by atoms with Crippen molar-refractivity contribution in [2.24, 2.45) is 0 Å². The normalized spacial score (nSPS) is 15.7. The minimum absolute atomic E-state index is 0.686. The number of nitrogens with zero attached hydrogens (tertiary/aromatic N) is 2. The number of fused-ring (bicyclic) bond motifs is 2. The summed E-state index contributed by atoms with van der Waals surface area (Å²) < 4.78 is 7.15. The SMILES string of the molecule is c1ccc2sc(Oc3ccc4cc(CN5CCCCC5)[nH]c4c3)nc2c1. The van der Waals surface area contributed by atoms with Crippen LogP contribution in [0, 0.1) is 0 Å². The van der Waals surface area contributed by atoms with E-state index in [2.05, 4.69) is 39.1 Å². The summed E-state index contributed by atoms with van der Waals surface area (Å²) in [6.07, 6.45) is 4.01. The number of rotatable bonds is 4. The van der Waals surface area contributed by atoms with Gasteiger partial charge in [-0.05, 0) is 61.6 Å². The third-order valence-electron chi connectivity index (χ3n) is 4.97. The van der Waals surface area contributed by atoms with Crippen molar-refractivity contribution in [1.29, 1.82) is 0 Å². The molecule has 1 N–H and O–H groups in total. The van der Waals surface area contributed by atoms with Crippen LogP contribution in [0.5, 0.6) is 10.9 Å². The molecule has 0 atom stereocenters. The molecule has 26 heavy (non-hydrogen) atoms. The van der Waals surface area contributed by atoms with Crippen molar-refractivity contribution in [2.75, 3.05) is 13.1 Å². The number of benzene rings is 2. The molecule has 5 heteroatoms. The van der Waals surface area contributed by atoms with Gasteiger partial charge < -0.3 is 9.72 Å². The number of thiazole rings is 1. The Morgan fingerprint density at radius 2 is 1.92 bits per heavy atom. The molecule has 0 amide bonds. The van der Waals surface area contributed by atoms with Gasteiger partial charge in [-0.1, -0.05) is 29.9 Å². The van der Waals surface area contributed by atoms with E-state index in [4.69, 9.17) is 4.74 Å². The van der Waals surface area contributed by atoms with Gasteiger partial charge in [-0.25, -0.2) is 4.98 Å². The summed E-state index contributed by atoms with van der Waals surface area (Å²) in [7, 11) is 0. The van der Waals surface area contributed by atoms with Crippen LogP contribution in [0.15, 0.2) is 48.5 Å². The molecular weight excluding hydrogens is 342 g/mol. The lowest BCUT2D eigenvalue weighted by Crippen LogP contribution is -2.29. The number of nitrogens with one attached hydrogen (secondary N) is 1. The first-order valence-electron chi connectivity index (χ1n) is 9.21. The lowest BCUT2D eigenvalue weighted by molar-refractivity contribution is 0.219. The minimum Gasteiger partial charge on any atom is -0.431 e. The summed E-state index contributed by atoms with van der Waals surface area (Å²) in [6.45, 7) is 3.42. The molecule has 4 aromatic rings. The molecule has 0 radical (unpaired) electrons. The fourth-order valence-corrected chi connectivity index (χ4v) is 4.50. The largest absolute Gasteiger partial charge is 0.431 e. The molecule has 1 saturated heterocycles. The molecule has 2 aromatic carbocycles. The van der Waals surface area contributed by atoms with Gasteiger partial charge in [0.15, 0.2) is 0 Å². The topological polar surface area (TPSA) is 41.1 Å². The molecule has 5 rings (SSSR count). The lowest BCUT2D eigenvalue weighted by atomic mass is 10.1. The maximum absolute atomic E-state index is 6.01. The van der Waals surface area contributed by atoms with E-state index in [1.54, 1.807) is 11.3 Å². The number of piperidine rings is 1. The van der Waals surface area contributed by atoms with E-state index in [1.165, 1.54) is 43.4 Å². The number of hydrogen-bond acceptors (Lipinski definition) is 4. The predicted molar refractivity (Wildman–Crippen MR) is 107 cm³/mol. The summed E-state index contributed by atoms with van der Waals surface area (Å²) in [5.74, 6) is 0.822. The molecule has 0 bridgehead atoms. The molecule has 0 aliphatic carbocycles. The van der Waals surface area contributed by atoms with E-state index in [9.17, 15) is 0 Å². The van der Waals surface area contributed by atoms with E-state index in [0.29, 0.717) is 5.19 Å². The second kappa shape index (κ2) is 6.74. The van der Waals surface area contributed by atoms with Crippen LogP contribution in [-0.2, 0) is 6.54 Å². The summed E-state index contributed by atoms with van der Waals surface area (Å²) in [5.41, 5.74) is 3.38. The third-order valence-corrected chi connectivity index (χ3v) is 5.89. The van der Waals surface area contributed by atoms with Gasteiger partial charge in [-0.15, -0.1) is 0 Å². The molecule has 1 aliphatic heterocycles. The van der Waals surface area contributed by atoms with E-state index in [-0.39, 0.29) is 0 Å². The average molecular weight is 363 g/mol. The molecule has 3 heterocycles. The summed E-state index contributed by atoms with van der Waals surface area (Å²) in [6, 6.07) is 16.6. The quantitative estimate of drug-likeness (QED) is 0.516. The van der Waals surface area contributed by atoms with Crippen molar-refractivity contribution in [2.45, 2.75) is 25.8 Å². The van der Waals surface area contributed by atoms with Crippen LogP contribution in [-0.4, -0.2) is 28.0 Å². The molecule has 0 spiro atoms. The Balaban J connectivity index is 1.36. The standard InChI is InChI=1S/C21H21N3OS/c1-4-10-24(11-5-1)14-16-12-15-8-9-17(13-19(15)22-16)25-21-23-18-6-2-3-7-20(18)26-21/h2-3,6-9,12-13,22H,1,4-5,10-11,14H2. The van der Waals surface area contributed by atoms with Crippen LogP contribution < -0.4 is 4.74 Å². The number of aromatic nitrogens is 2. The van der Waals surface area contributed by atoms with E-state index < -0.39 is 0 Å². The first-order chi connectivity index (χ1) is 12.8. The van der Waals surface area contributed by atoms with Gasteiger partial charge in [0.05, 0.1) is 10.2 Å². The van der Waals surface area contributed by atoms with Crippen LogP contribution in [0.3, 0.4) is 0 Å². The number of aromatic amines is 1. The number of para-hydroxylation sites is 1. The van der Waals surface area contributed by atoms with Gasteiger partial charge in [0.2, 0.25) is 0 Å². The Bertz CT molecular complexity index is 1010. The summed E-state index contributed by atoms with van der Waals surface area (Å²) >= 11 is 1.58. The summed E-state index contributed by atoms with van der Waals surface area (Å²) in [4.78, 5) is 10.6. The highest BCUT2D eigenvalue weighted by Crippen LogP contribution is 2.32. The van der Waals surface area contributed by atoms with Gasteiger partial charge in [0.25, 0.3) is 5.19 Å². The lowest BCUT2D eigenvalue weighted by Gasteiger charge is -2.25. The van der Waals surface area contributed by atoms with E-state index in [0.717, 1.165) is 28.0 Å². The Kier molecular flexibility index (Phi) is 4.11. The van der Waals surface area contributed by atoms with Crippen LogP contribution >= 0.6 is 11.3 Å². The second-order valence-corrected chi connectivity index (χ2v) is 7.92. The van der Waals surface area contributed by atoms with Crippen LogP contribution in [0.4, 0.5) is 0 Å². The minimum atomic E-state index is 0.686. The third kappa shape index (κ3) is 3.20. The zero-order chi connectivity index (χ0) is 17.3. The molecule has 1 fully saturated rings. The highest BCUT2D eigenvalue weighted by atomic mass is 32.1. The van der Waals surface area contributed by atoms with Crippen molar-refractivity contribution in [1.82, 2.24) is 14.9 Å². The van der Waals surface area contributed by atoms with Crippen LogP contribution in [0.25, 0.3) is 21.1 Å². The van der Waals surface area contributed by atoms with E-state index >= 15 is 0 Å². The Hall–Kier alpha value is -2.37. The van der Waals surface area contributed by atoms with Gasteiger partial charge in [-0.3, -0.25) is 4.90 Å². The predicted octanol–water partition coefficient (Wildman–Crippen LogP) is 5.56. The first kappa shape index (κ1) is 15.9. The van der Waals surface area contributed by atoms with Crippen LogP contribution in [0.1, 0.15) is 25.0 Å². The van der Waals surface area contributed by atoms with E-state index in [1.807, 2.05) is 24.3 Å². The molecule has 1 aliphatic rings. The second-order valence-electron chi connectivity index (χ2n) is 6.93. The van der Waals surface area contributed by atoms with Crippen molar-refractivity contribution in [3.8, 4) is 10.9 Å². The molecular formula is C21H21N3OS. The van der Waals surface area contributed by atoms with Gasteiger partial charge in [0, 0.05) is 23.8 Å². The van der Waals surface area contributed by atoms with Crippen molar-refractivity contribution >= 4 is 32.5 Å². The summed E-state index contributed by atoms with van der Waals surface area (Å²) in [5, 5.41) is 1.92. The average Bonchev–Trinajstić information content (AvgIpc) is 3.24. The highest BCUT2D eigenvalue weighted by molar-refractivity contribution is 7.20. The maximum Gasteiger partial charge on any atom is 0.279 e. The number of ether oxygens (including phenoxy) is 1. The molecule has 2 aromatic heterocycles. The molecule has 4 nitrogen and oxygen atoms in total. The zero-order valence-electron chi connectivity index (χ0n) is 14.6. The zero-order valence-corrected chi connectivity index (χ0v) is 15.4. The maximum atomic E-state index is 6.01. The fourth-order valence-electron chi connectivity index (χ4n) is 3.67. The van der Waals surface area contributed by atoms with Gasteiger partial charge >= 0.3 is 0 Å². The Morgan fingerprint density at radius 1 is 1.04 bits per heavy atom. The van der Waals surface area contributed by atoms with Crippen molar-refractivity contribution in [3.63, 3.8) is 0 Å². The highest BCUT2D eigenvalue weighted by Gasteiger charge is 2.12. The molecule has 0 saturated carbocycles. The van der Waals surface area contributed by atoms with Crippen LogP contribution in [0.2, 0.25) is 0 Å². The fraction of sp³-hybridized carbons (Fsp3) is 0.286. The number of H-pyrrole nitrogens is 1. The van der Waals surface area contributed by atoms with Gasteiger partial charge in [-0.2, -0.15) is 0 Å². The smallest absolute Gasteiger partial charge is 0.279 e. The first-order valence-corrected chi connectivity index (χ1v) is 10.0. The van der Waals surface area contributed by atoms with Crippen molar-refractivity contribution < 1.29 is 4.74 Å². The molecule has 0 unspecified atom stereocenters. The Morgan fingerprint density at radius 3 is 2.81 bits per heavy atom. The number of hydrogen-bond donors (Lipinski definition) is 1. The van der Waals surface area contributed by atoms with Crippen molar-refractivity contribution in [3.05, 3.63) is 54.2 Å².